The van der Waals surface area contributed by atoms with Crippen LogP contribution in [0.2, 0.25) is 0 Å². The van der Waals surface area contributed by atoms with Crippen LogP contribution in [0.4, 0.5) is 0 Å². The summed E-state index contributed by atoms with van der Waals surface area (Å²) < 4.78 is 0. The number of rotatable bonds is 55. The monoisotopic (exact) mass is 1010 g/mol. The van der Waals surface area contributed by atoms with Gasteiger partial charge in [-0.2, -0.15) is 0 Å². The zero-order valence-electron chi connectivity index (χ0n) is 48.4. The van der Waals surface area contributed by atoms with Crippen molar-refractivity contribution < 1.29 is 25.5 Å². The van der Waals surface area contributed by atoms with Gasteiger partial charge in [0.05, 0.1) is 30.5 Å². The smallest absolute Gasteiger partial charge is 0.0667 e. The SMILES string of the molecule is CCCCCCCCCCC(O)CN1CCN(CCN(CCN(CCN(CC(O)CCCCCCCCCC)CC(O)CCCCCCCCCC)CC(O)CCCCCCCCCC)CC(C)O)CC1. The Hall–Kier alpha value is -0.400. The average molecular weight is 1010 g/mol. The molecule has 1 heterocycles. The van der Waals surface area contributed by atoms with E-state index in [1.54, 1.807) is 0 Å². The Morgan fingerprint density at radius 2 is 0.577 bits per heavy atom. The van der Waals surface area contributed by atoms with Gasteiger partial charge in [-0.3, -0.25) is 24.5 Å². The van der Waals surface area contributed by atoms with Gasteiger partial charge in [0.15, 0.2) is 0 Å². The van der Waals surface area contributed by atoms with Gasteiger partial charge in [-0.1, -0.05) is 233 Å². The fourth-order valence-electron chi connectivity index (χ4n) is 10.9. The van der Waals surface area contributed by atoms with Crippen molar-refractivity contribution in [1.82, 2.24) is 24.5 Å². The zero-order valence-corrected chi connectivity index (χ0v) is 48.4. The fourth-order valence-corrected chi connectivity index (χ4v) is 10.9. The van der Waals surface area contributed by atoms with Gasteiger partial charge in [-0.25, -0.2) is 0 Å². The van der Waals surface area contributed by atoms with Gasteiger partial charge < -0.3 is 25.5 Å². The van der Waals surface area contributed by atoms with Crippen LogP contribution >= 0.6 is 0 Å². The molecule has 10 heteroatoms. The maximum Gasteiger partial charge on any atom is 0.0667 e. The third kappa shape index (κ3) is 44.4. The Morgan fingerprint density at radius 3 is 0.915 bits per heavy atom. The lowest BCUT2D eigenvalue weighted by molar-refractivity contribution is 0.0431. The quantitative estimate of drug-likeness (QED) is 0.0377. The third-order valence-corrected chi connectivity index (χ3v) is 15.6. The van der Waals surface area contributed by atoms with Crippen LogP contribution in [0.15, 0.2) is 0 Å². The minimum atomic E-state index is -0.420. The van der Waals surface area contributed by atoms with Gasteiger partial charge in [-0.15, -0.1) is 0 Å². The lowest BCUT2D eigenvalue weighted by Gasteiger charge is -2.37. The van der Waals surface area contributed by atoms with Crippen molar-refractivity contribution in [3.05, 3.63) is 0 Å². The van der Waals surface area contributed by atoms with Gasteiger partial charge >= 0.3 is 0 Å². The summed E-state index contributed by atoms with van der Waals surface area (Å²) in [4.78, 5) is 12.2. The van der Waals surface area contributed by atoms with Gasteiger partial charge in [0.1, 0.15) is 0 Å². The molecule has 0 spiro atoms. The lowest BCUT2D eigenvalue weighted by Crippen LogP contribution is -2.51. The molecule has 5 N–H and O–H groups in total. The molecule has 71 heavy (non-hydrogen) atoms. The average Bonchev–Trinajstić information content (AvgIpc) is 3.34. The van der Waals surface area contributed by atoms with E-state index in [2.05, 4.69) is 52.2 Å². The Balaban J connectivity index is 2.88. The highest BCUT2D eigenvalue weighted by atomic mass is 16.3. The van der Waals surface area contributed by atoms with Crippen LogP contribution in [-0.2, 0) is 0 Å². The highest BCUT2D eigenvalue weighted by molar-refractivity contribution is 4.78. The first-order chi connectivity index (χ1) is 34.6. The van der Waals surface area contributed by atoms with Gasteiger partial charge in [0.2, 0.25) is 0 Å². The number of aliphatic hydroxyl groups excluding tert-OH is 5. The predicted octanol–water partition coefficient (Wildman–Crippen LogP) is 12.5. The van der Waals surface area contributed by atoms with E-state index in [9.17, 15) is 25.5 Å². The number of hydrogen-bond donors (Lipinski definition) is 5. The summed E-state index contributed by atoms with van der Waals surface area (Å²) in [6.45, 7) is 23.2. The molecule has 1 rings (SSSR count). The molecule has 0 aliphatic carbocycles. The van der Waals surface area contributed by atoms with E-state index in [0.29, 0.717) is 26.2 Å². The molecule has 0 saturated carbocycles. The first-order valence-electron chi connectivity index (χ1n) is 31.6. The van der Waals surface area contributed by atoms with Crippen molar-refractivity contribution in [2.45, 2.75) is 296 Å². The molecule has 10 nitrogen and oxygen atoms in total. The van der Waals surface area contributed by atoms with E-state index in [1.165, 1.54) is 180 Å². The number of hydrogen-bond acceptors (Lipinski definition) is 10. The summed E-state index contributed by atoms with van der Waals surface area (Å²) in [5.74, 6) is 0. The molecule has 0 aromatic rings. The predicted molar refractivity (Wildman–Crippen MR) is 307 cm³/mol. The molecule has 0 aromatic heterocycles. The lowest BCUT2D eigenvalue weighted by atomic mass is 10.0. The molecule has 426 valence electrons. The van der Waals surface area contributed by atoms with E-state index in [-0.39, 0.29) is 12.2 Å². The molecule has 0 bridgehead atoms. The Kier molecular flexibility index (Phi) is 48.7. The molecule has 0 radical (unpaired) electrons. The topological polar surface area (TPSA) is 117 Å². The van der Waals surface area contributed by atoms with Gasteiger partial charge in [0.25, 0.3) is 0 Å². The van der Waals surface area contributed by atoms with Crippen molar-refractivity contribution in [3.8, 4) is 0 Å². The standard InChI is InChI=1S/C61H127N5O5/c1-6-10-14-18-22-26-30-34-38-58(68)53-64-46-43-62(44-47-64)42-45-63(52-57(5)67)48-49-65(54-59(69)39-35-31-27-23-19-15-11-7-2)50-51-66(55-60(70)40-36-32-28-24-20-16-12-8-3)56-61(71)41-37-33-29-25-21-17-13-9-4/h57-61,67-71H,6-56H2,1-5H3. The van der Waals surface area contributed by atoms with Gasteiger partial charge in [-0.05, 0) is 32.6 Å². The summed E-state index contributed by atoms with van der Waals surface area (Å²) in [5.41, 5.74) is 0. The second-order valence-electron chi connectivity index (χ2n) is 23.0. The number of unbranched alkanes of at least 4 members (excludes halogenated alkanes) is 28. The van der Waals surface area contributed by atoms with Crippen LogP contribution in [0.5, 0.6) is 0 Å². The molecule has 0 amide bonds. The number of nitrogens with zero attached hydrogens (tertiary/aromatic N) is 5. The maximum absolute atomic E-state index is 11.5. The second kappa shape index (κ2) is 50.4. The summed E-state index contributed by atoms with van der Waals surface area (Å²) in [6, 6.07) is 0. The third-order valence-electron chi connectivity index (χ3n) is 15.6. The largest absolute Gasteiger partial charge is 0.392 e. The van der Waals surface area contributed by atoms with Crippen LogP contribution < -0.4 is 0 Å². The first-order valence-corrected chi connectivity index (χ1v) is 31.6. The molecular formula is C61H127N5O5. The minimum absolute atomic E-state index is 0.230. The van der Waals surface area contributed by atoms with Crippen LogP contribution in [0, 0.1) is 0 Å². The van der Waals surface area contributed by atoms with Gasteiger partial charge in [0, 0.05) is 98.2 Å². The number of aliphatic hydroxyl groups is 5. The summed E-state index contributed by atoms with van der Waals surface area (Å²) in [5, 5.41) is 55.7. The van der Waals surface area contributed by atoms with Crippen molar-refractivity contribution in [3.63, 3.8) is 0 Å². The fraction of sp³-hybridized carbons (Fsp3) is 1.00. The normalized spacial score (nSPS) is 16.2. The van der Waals surface area contributed by atoms with E-state index >= 15 is 0 Å². The van der Waals surface area contributed by atoms with E-state index in [4.69, 9.17) is 0 Å². The highest BCUT2D eigenvalue weighted by Gasteiger charge is 2.22. The van der Waals surface area contributed by atoms with Crippen LogP contribution in [-0.4, -0.2) is 179 Å². The van der Waals surface area contributed by atoms with Crippen LogP contribution in [0.3, 0.4) is 0 Å². The summed E-state index contributed by atoms with van der Waals surface area (Å²) in [7, 11) is 0. The summed E-state index contributed by atoms with van der Waals surface area (Å²) >= 11 is 0. The molecule has 1 fully saturated rings. The Labute approximate surface area is 442 Å². The van der Waals surface area contributed by atoms with Crippen LogP contribution in [0.1, 0.15) is 266 Å². The Morgan fingerprint density at radius 1 is 0.310 bits per heavy atom. The first kappa shape index (κ1) is 68.6. The Bertz CT molecular complexity index is 1040. The molecule has 1 aliphatic rings. The maximum atomic E-state index is 11.5. The number of piperazine rings is 1. The van der Waals surface area contributed by atoms with Crippen molar-refractivity contribution in [1.29, 1.82) is 0 Å². The number of β-amino-alcohol motifs (C(OH)–C–C–N with tert-alkyl or cyclic N) is 1. The van der Waals surface area contributed by atoms with E-state index in [0.717, 1.165) is 123 Å². The van der Waals surface area contributed by atoms with E-state index in [1.807, 2.05) is 6.92 Å². The van der Waals surface area contributed by atoms with Crippen molar-refractivity contribution >= 4 is 0 Å². The summed E-state index contributed by atoms with van der Waals surface area (Å²) in [6.07, 6.45) is 42.1. The second-order valence-corrected chi connectivity index (χ2v) is 23.0. The molecule has 5 atom stereocenters. The van der Waals surface area contributed by atoms with Crippen molar-refractivity contribution in [2.24, 2.45) is 0 Å². The van der Waals surface area contributed by atoms with Crippen molar-refractivity contribution in [2.75, 3.05) is 98.2 Å². The highest BCUT2D eigenvalue weighted by Crippen LogP contribution is 2.17. The molecular weight excluding hydrogens is 883 g/mol. The minimum Gasteiger partial charge on any atom is -0.392 e. The van der Waals surface area contributed by atoms with Crippen LogP contribution in [0.25, 0.3) is 0 Å². The van der Waals surface area contributed by atoms with E-state index < -0.39 is 18.3 Å². The zero-order chi connectivity index (χ0) is 51.8. The molecule has 1 aliphatic heterocycles. The molecule has 0 aromatic carbocycles. The molecule has 5 unspecified atom stereocenters. The molecule has 1 saturated heterocycles.